The van der Waals surface area contributed by atoms with Gasteiger partial charge in [-0.2, -0.15) is 0 Å². The summed E-state index contributed by atoms with van der Waals surface area (Å²) in [7, 11) is 3.24. The van der Waals surface area contributed by atoms with Gasteiger partial charge in [0.2, 0.25) is 0 Å². The minimum Gasteiger partial charge on any atom is -0.495 e. The molecule has 2 aromatic carbocycles. The highest BCUT2D eigenvalue weighted by Crippen LogP contribution is 2.29. The molecule has 2 heterocycles. The van der Waals surface area contributed by atoms with Crippen LogP contribution in [0.25, 0.3) is 21.9 Å². The van der Waals surface area contributed by atoms with Gasteiger partial charge in [0.25, 0.3) is 5.91 Å². The van der Waals surface area contributed by atoms with Gasteiger partial charge in [-0.05, 0) is 36.4 Å². The number of fused-ring (bicyclic) bond motifs is 3. The zero-order chi connectivity index (χ0) is 19.1. The number of nitrogens with zero attached hydrogens (tertiary/aromatic N) is 1. The predicted octanol–water partition coefficient (Wildman–Crippen LogP) is 4.20. The molecule has 4 aromatic rings. The molecule has 0 aliphatic heterocycles. The van der Waals surface area contributed by atoms with E-state index in [9.17, 15) is 9.59 Å². The third-order valence-corrected chi connectivity index (χ3v) is 4.68. The molecule has 27 heavy (non-hydrogen) atoms. The standard InChI is InChI=1S/C20H15ClN2O4/c1-23-15(19(24)22-14-9-11(21)7-8-17(14)26-2)10-13-18(23)12-5-3-4-6-16(12)27-20(13)25/h3-10H,1-2H3,(H,22,24). The van der Waals surface area contributed by atoms with E-state index in [4.69, 9.17) is 20.8 Å². The van der Waals surface area contributed by atoms with Crippen LogP contribution in [0.4, 0.5) is 5.69 Å². The second-order valence-electron chi connectivity index (χ2n) is 6.04. The Hall–Kier alpha value is -3.25. The first-order valence-corrected chi connectivity index (χ1v) is 8.53. The Morgan fingerprint density at radius 2 is 1.93 bits per heavy atom. The monoisotopic (exact) mass is 382 g/mol. The molecule has 0 unspecified atom stereocenters. The van der Waals surface area contributed by atoms with Gasteiger partial charge in [-0.1, -0.05) is 23.7 Å². The zero-order valence-electron chi connectivity index (χ0n) is 14.6. The van der Waals surface area contributed by atoms with Gasteiger partial charge in [0.15, 0.2) is 0 Å². The van der Waals surface area contributed by atoms with Crippen LogP contribution in [-0.2, 0) is 7.05 Å². The van der Waals surface area contributed by atoms with Crippen LogP contribution in [0.15, 0.2) is 57.7 Å². The Morgan fingerprint density at radius 3 is 2.70 bits per heavy atom. The average Bonchev–Trinajstić information content (AvgIpc) is 3.01. The molecule has 6 nitrogen and oxygen atoms in total. The fraction of sp³-hybridized carbons (Fsp3) is 0.100. The number of halogens is 1. The molecule has 0 radical (unpaired) electrons. The van der Waals surface area contributed by atoms with Crippen LogP contribution in [0, 0.1) is 0 Å². The number of anilines is 1. The Kier molecular flexibility index (Phi) is 4.12. The van der Waals surface area contributed by atoms with Crippen LogP contribution < -0.4 is 15.7 Å². The number of hydrogen-bond acceptors (Lipinski definition) is 4. The maximum absolute atomic E-state index is 12.9. The lowest BCUT2D eigenvalue weighted by molar-refractivity contribution is 0.101. The molecule has 1 amide bonds. The third-order valence-electron chi connectivity index (χ3n) is 4.44. The van der Waals surface area contributed by atoms with E-state index in [-0.39, 0.29) is 0 Å². The quantitative estimate of drug-likeness (QED) is 0.539. The van der Waals surface area contributed by atoms with E-state index in [1.807, 2.05) is 12.1 Å². The molecule has 136 valence electrons. The first-order chi connectivity index (χ1) is 13.0. The fourth-order valence-corrected chi connectivity index (χ4v) is 3.34. The third kappa shape index (κ3) is 2.84. The number of para-hydroxylation sites is 1. The summed E-state index contributed by atoms with van der Waals surface area (Å²) in [6.07, 6.45) is 0. The van der Waals surface area contributed by atoms with E-state index in [1.165, 1.54) is 13.2 Å². The highest BCUT2D eigenvalue weighted by Gasteiger charge is 2.19. The maximum atomic E-state index is 12.9. The molecule has 1 N–H and O–H groups in total. The molecule has 0 fully saturated rings. The Labute approximate surface area is 158 Å². The van der Waals surface area contributed by atoms with Crippen molar-refractivity contribution in [3.8, 4) is 5.75 Å². The van der Waals surface area contributed by atoms with Crippen LogP contribution >= 0.6 is 11.6 Å². The Morgan fingerprint density at radius 1 is 1.15 bits per heavy atom. The van der Waals surface area contributed by atoms with Gasteiger partial charge in [0.05, 0.1) is 23.7 Å². The molecule has 0 spiro atoms. The number of carbonyl (C=O) groups is 1. The number of aromatic nitrogens is 1. The number of aryl methyl sites for hydroxylation is 1. The number of nitrogens with one attached hydrogen (secondary N) is 1. The summed E-state index contributed by atoms with van der Waals surface area (Å²) in [5, 5.41) is 4.36. The highest BCUT2D eigenvalue weighted by atomic mass is 35.5. The number of benzene rings is 2. The van der Waals surface area contributed by atoms with Crippen molar-refractivity contribution < 1.29 is 13.9 Å². The first-order valence-electron chi connectivity index (χ1n) is 8.16. The van der Waals surface area contributed by atoms with Crippen molar-refractivity contribution in [2.24, 2.45) is 7.05 Å². The molecule has 2 aromatic heterocycles. The van der Waals surface area contributed by atoms with Gasteiger partial charge < -0.3 is 19.0 Å². The fourth-order valence-electron chi connectivity index (χ4n) is 3.17. The number of rotatable bonds is 3. The van der Waals surface area contributed by atoms with E-state index in [0.717, 1.165) is 5.39 Å². The zero-order valence-corrected chi connectivity index (χ0v) is 15.3. The first kappa shape index (κ1) is 17.2. The molecule has 0 atom stereocenters. The number of ether oxygens (including phenoxy) is 1. The van der Waals surface area contributed by atoms with E-state index in [0.29, 0.717) is 38.6 Å². The number of hydrogen-bond donors (Lipinski definition) is 1. The van der Waals surface area contributed by atoms with Crippen LogP contribution in [-0.4, -0.2) is 17.6 Å². The molecule has 0 aliphatic rings. The largest absolute Gasteiger partial charge is 0.495 e. The molecule has 0 saturated heterocycles. The topological polar surface area (TPSA) is 73.5 Å². The van der Waals surface area contributed by atoms with Gasteiger partial charge in [0, 0.05) is 17.5 Å². The van der Waals surface area contributed by atoms with Crippen molar-refractivity contribution in [2.45, 2.75) is 0 Å². The molecular weight excluding hydrogens is 368 g/mol. The van der Waals surface area contributed by atoms with E-state index < -0.39 is 11.5 Å². The van der Waals surface area contributed by atoms with E-state index in [1.54, 1.807) is 41.9 Å². The van der Waals surface area contributed by atoms with Gasteiger partial charge in [-0.25, -0.2) is 4.79 Å². The van der Waals surface area contributed by atoms with Crippen molar-refractivity contribution in [1.29, 1.82) is 0 Å². The maximum Gasteiger partial charge on any atom is 0.345 e. The summed E-state index contributed by atoms with van der Waals surface area (Å²) in [4.78, 5) is 25.2. The van der Waals surface area contributed by atoms with E-state index in [2.05, 4.69) is 5.32 Å². The summed E-state index contributed by atoms with van der Waals surface area (Å²) in [6, 6.07) is 13.7. The van der Waals surface area contributed by atoms with Crippen LogP contribution in [0.1, 0.15) is 10.5 Å². The molecular formula is C20H15ClN2O4. The minimum atomic E-state index is -0.487. The SMILES string of the molecule is COc1ccc(Cl)cc1NC(=O)c1cc2c(=O)oc3ccccc3c2n1C. The average molecular weight is 383 g/mol. The Bertz CT molecular complexity index is 1260. The van der Waals surface area contributed by atoms with Crippen LogP contribution in [0.5, 0.6) is 5.75 Å². The normalized spacial score (nSPS) is 11.1. The van der Waals surface area contributed by atoms with Crippen LogP contribution in [0.2, 0.25) is 5.02 Å². The second-order valence-corrected chi connectivity index (χ2v) is 6.47. The van der Waals surface area contributed by atoms with Gasteiger partial charge >= 0.3 is 5.63 Å². The lowest BCUT2D eigenvalue weighted by atomic mass is 10.2. The number of methoxy groups -OCH3 is 1. The molecule has 4 rings (SSSR count). The van der Waals surface area contributed by atoms with Crippen molar-refractivity contribution in [2.75, 3.05) is 12.4 Å². The summed E-state index contributed by atoms with van der Waals surface area (Å²) < 4.78 is 12.3. The predicted molar refractivity (Wildman–Crippen MR) is 105 cm³/mol. The lowest BCUT2D eigenvalue weighted by Crippen LogP contribution is -2.16. The van der Waals surface area contributed by atoms with Gasteiger partial charge in [-0.15, -0.1) is 0 Å². The van der Waals surface area contributed by atoms with Crippen molar-refractivity contribution in [3.05, 3.63) is 69.7 Å². The van der Waals surface area contributed by atoms with Crippen LogP contribution in [0.3, 0.4) is 0 Å². The summed E-state index contributed by atoms with van der Waals surface area (Å²) in [6.45, 7) is 0. The Balaban J connectivity index is 1.85. The summed E-state index contributed by atoms with van der Waals surface area (Å²) >= 11 is 6.02. The molecule has 0 bridgehead atoms. The van der Waals surface area contributed by atoms with Crippen molar-refractivity contribution in [1.82, 2.24) is 4.57 Å². The number of carbonyl (C=O) groups excluding carboxylic acids is 1. The molecule has 7 heteroatoms. The minimum absolute atomic E-state index is 0.315. The van der Waals surface area contributed by atoms with E-state index >= 15 is 0 Å². The van der Waals surface area contributed by atoms with Crippen molar-refractivity contribution >= 4 is 45.1 Å². The molecule has 0 saturated carbocycles. The highest BCUT2D eigenvalue weighted by molar-refractivity contribution is 6.31. The number of amides is 1. The van der Waals surface area contributed by atoms with Gasteiger partial charge in [-0.3, -0.25) is 4.79 Å². The molecule has 0 aliphatic carbocycles. The smallest absolute Gasteiger partial charge is 0.345 e. The second kappa shape index (κ2) is 6.48. The van der Waals surface area contributed by atoms with Crippen molar-refractivity contribution in [3.63, 3.8) is 0 Å². The van der Waals surface area contributed by atoms with Gasteiger partial charge in [0.1, 0.15) is 17.0 Å². The summed E-state index contributed by atoms with van der Waals surface area (Å²) in [5.74, 6) is 0.0919. The lowest BCUT2D eigenvalue weighted by Gasteiger charge is -2.11. The summed E-state index contributed by atoms with van der Waals surface area (Å²) in [5.41, 5.74) is 1.39.